The van der Waals surface area contributed by atoms with Crippen molar-refractivity contribution >= 4 is 29.3 Å². The number of alkyl halides is 1. The fraction of sp³-hybridized carbons (Fsp3) is 0.708. The van der Waals surface area contributed by atoms with Crippen LogP contribution in [0.3, 0.4) is 0 Å². The molecule has 0 aliphatic carbocycles. The molecule has 3 aliphatic heterocycles. The van der Waals surface area contributed by atoms with Gasteiger partial charge in [-0.15, -0.1) is 23.4 Å². The van der Waals surface area contributed by atoms with Gasteiger partial charge in [0.25, 0.3) is 0 Å². The normalized spacial score (nSPS) is 37.8. The number of fused-ring (bicyclic) bond motifs is 1. The van der Waals surface area contributed by atoms with E-state index in [1.165, 1.54) is 17.3 Å². The highest BCUT2D eigenvalue weighted by atomic mass is 35.5. The largest absolute Gasteiger partial charge is 0.388 e. The highest BCUT2D eigenvalue weighted by Crippen LogP contribution is 2.31. The molecule has 0 radical (unpaired) electrons. The van der Waals surface area contributed by atoms with Gasteiger partial charge in [0, 0.05) is 32.1 Å². The van der Waals surface area contributed by atoms with Gasteiger partial charge in [-0.1, -0.05) is 30.3 Å². The number of nitrogens with zero attached hydrogens (tertiary/aromatic N) is 1. The maximum atomic E-state index is 13.4. The number of nitrogens with one attached hydrogen (secondary N) is 2. The van der Waals surface area contributed by atoms with Crippen LogP contribution in [0.1, 0.15) is 12.5 Å². The smallest absolute Gasteiger partial charge is 0.240 e. The zero-order chi connectivity index (χ0) is 25.1. The van der Waals surface area contributed by atoms with Crippen molar-refractivity contribution in [2.24, 2.45) is 5.92 Å². The van der Waals surface area contributed by atoms with Gasteiger partial charge >= 0.3 is 0 Å². The molecule has 1 aromatic carbocycles. The van der Waals surface area contributed by atoms with Gasteiger partial charge in [-0.05, 0) is 18.7 Å². The summed E-state index contributed by atoms with van der Waals surface area (Å²) in [7, 11) is 0. The molecular formula is C24H36ClN3O6S. The number of benzene rings is 1. The number of aliphatic hydroxyl groups excluding tert-OH is 3. The van der Waals surface area contributed by atoms with Crippen LogP contribution >= 0.6 is 23.4 Å². The molecule has 1 aromatic rings. The molecule has 0 bridgehead atoms. The number of thioether (sulfide) groups is 1. The van der Waals surface area contributed by atoms with Crippen LogP contribution in [0.2, 0.25) is 0 Å². The number of amides is 1. The topological polar surface area (TPSA) is 124 Å². The van der Waals surface area contributed by atoms with Crippen LogP contribution in [0, 0.1) is 5.92 Å². The molecule has 3 heterocycles. The third kappa shape index (κ3) is 6.14. The van der Waals surface area contributed by atoms with Gasteiger partial charge in [0.1, 0.15) is 35.9 Å². The first-order valence-corrected chi connectivity index (χ1v) is 13.8. The second-order valence-corrected chi connectivity index (χ2v) is 11.2. The molecule has 0 spiro atoms. The van der Waals surface area contributed by atoms with Gasteiger partial charge in [0.05, 0.1) is 24.1 Å². The van der Waals surface area contributed by atoms with E-state index in [1.807, 2.05) is 18.2 Å². The van der Waals surface area contributed by atoms with Crippen molar-refractivity contribution in [3.8, 4) is 0 Å². The fourth-order valence-electron chi connectivity index (χ4n) is 5.23. The quantitative estimate of drug-likeness (QED) is 0.304. The van der Waals surface area contributed by atoms with E-state index in [9.17, 15) is 20.1 Å². The van der Waals surface area contributed by atoms with Crippen LogP contribution in [0.5, 0.6) is 0 Å². The Hall–Kier alpha value is -0.950. The third-order valence-corrected chi connectivity index (χ3v) is 8.26. The van der Waals surface area contributed by atoms with E-state index >= 15 is 0 Å². The lowest BCUT2D eigenvalue weighted by atomic mass is 9.92. The lowest BCUT2D eigenvalue weighted by molar-refractivity contribution is -0.205. The van der Waals surface area contributed by atoms with E-state index in [1.54, 1.807) is 13.2 Å². The van der Waals surface area contributed by atoms with Crippen LogP contribution in [0.15, 0.2) is 30.3 Å². The Morgan fingerprint density at radius 2 is 2.00 bits per heavy atom. The van der Waals surface area contributed by atoms with E-state index in [4.69, 9.17) is 21.1 Å². The minimum atomic E-state index is -1.41. The second-order valence-electron chi connectivity index (χ2n) is 9.59. The number of rotatable bonds is 7. The van der Waals surface area contributed by atoms with Crippen molar-refractivity contribution in [2.45, 2.75) is 66.9 Å². The highest BCUT2D eigenvalue weighted by molar-refractivity contribution is 7.99. The minimum absolute atomic E-state index is 0.151. The Kier molecular flexibility index (Phi) is 9.34. The molecule has 3 aliphatic rings. The molecule has 3 fully saturated rings. The number of halogens is 1. The molecule has 35 heavy (non-hydrogen) atoms. The van der Waals surface area contributed by atoms with E-state index in [-0.39, 0.29) is 17.9 Å². The molecule has 0 saturated carbocycles. The molecule has 2 unspecified atom stereocenters. The van der Waals surface area contributed by atoms with Crippen LogP contribution in [-0.4, -0.2) is 112 Å². The Bertz CT molecular complexity index is 837. The van der Waals surface area contributed by atoms with E-state index < -0.39 is 47.3 Å². The second kappa shape index (κ2) is 12.1. The third-order valence-electron chi connectivity index (χ3n) is 7.13. The Labute approximate surface area is 215 Å². The molecule has 5 N–H and O–H groups in total. The summed E-state index contributed by atoms with van der Waals surface area (Å²) >= 11 is 7.63. The van der Waals surface area contributed by atoms with Gasteiger partial charge in [-0.25, -0.2) is 0 Å². The number of hydrogen-bond acceptors (Lipinski definition) is 9. The monoisotopic (exact) mass is 529 g/mol. The summed E-state index contributed by atoms with van der Waals surface area (Å²) in [6.07, 6.45) is -3.57. The number of ether oxygens (including phenoxy) is 2. The highest BCUT2D eigenvalue weighted by Gasteiger charge is 2.49. The molecule has 0 aromatic heterocycles. The van der Waals surface area contributed by atoms with Crippen molar-refractivity contribution in [3.63, 3.8) is 0 Å². The molecule has 10 atom stereocenters. The van der Waals surface area contributed by atoms with Crippen LogP contribution in [0.25, 0.3) is 0 Å². The first-order valence-electron chi connectivity index (χ1n) is 12.1. The summed E-state index contributed by atoms with van der Waals surface area (Å²) in [5, 5.41) is 36.7. The molecule has 9 nitrogen and oxygen atoms in total. The standard InChI is InChI=1S/C24H36ClN3O6S/c1-13(25)16(22-19(30)18(29)20(31)24(34-22)35-2)27-23(32)17-21-15(10-26-17)12-28(8-9-33-21)11-14-6-4-3-5-7-14/h3-7,13,15-22,24,26,29-31H,8-12H2,1-2H3,(H,27,32)/t13-,15+,16+,17-,18?,19-,20+,21+,22+,24?/m0/s1. The minimum Gasteiger partial charge on any atom is -0.388 e. The molecular weight excluding hydrogens is 494 g/mol. The Balaban J connectivity index is 1.40. The summed E-state index contributed by atoms with van der Waals surface area (Å²) in [6, 6.07) is 8.95. The molecule has 11 heteroatoms. The lowest BCUT2D eigenvalue weighted by Gasteiger charge is -2.44. The summed E-state index contributed by atoms with van der Waals surface area (Å²) in [5.41, 5.74) is 0.495. The molecule has 1 amide bonds. The first-order chi connectivity index (χ1) is 16.8. The zero-order valence-electron chi connectivity index (χ0n) is 20.0. The lowest BCUT2D eigenvalue weighted by Crippen LogP contribution is -2.65. The Morgan fingerprint density at radius 1 is 1.26 bits per heavy atom. The maximum Gasteiger partial charge on any atom is 0.240 e. The van der Waals surface area contributed by atoms with Crippen LogP contribution < -0.4 is 10.6 Å². The van der Waals surface area contributed by atoms with Gasteiger partial charge in [0.2, 0.25) is 5.91 Å². The van der Waals surface area contributed by atoms with Crippen molar-refractivity contribution in [1.82, 2.24) is 15.5 Å². The predicted molar refractivity (Wildman–Crippen MR) is 134 cm³/mol. The molecule has 3 saturated heterocycles. The molecule has 4 rings (SSSR count). The van der Waals surface area contributed by atoms with E-state index in [0.29, 0.717) is 13.2 Å². The first kappa shape index (κ1) is 27.1. The predicted octanol–water partition coefficient (Wildman–Crippen LogP) is -0.242. The summed E-state index contributed by atoms with van der Waals surface area (Å²) in [5.74, 6) is -0.137. The zero-order valence-corrected chi connectivity index (χ0v) is 21.6. The van der Waals surface area contributed by atoms with Crippen LogP contribution in [-0.2, 0) is 20.8 Å². The summed E-state index contributed by atoms with van der Waals surface area (Å²) in [4.78, 5) is 15.7. The van der Waals surface area contributed by atoms with Gasteiger partial charge in [-0.3, -0.25) is 9.69 Å². The number of carbonyl (C=O) groups excluding carboxylic acids is 1. The summed E-state index contributed by atoms with van der Waals surface area (Å²) < 4.78 is 12.0. The average Bonchev–Trinajstić information content (AvgIpc) is 3.13. The van der Waals surface area contributed by atoms with E-state index in [0.717, 1.165) is 19.6 Å². The number of carbonyl (C=O) groups is 1. The molecule has 196 valence electrons. The fourth-order valence-corrected chi connectivity index (χ4v) is 6.11. The van der Waals surface area contributed by atoms with Gasteiger partial charge in [0.15, 0.2) is 0 Å². The van der Waals surface area contributed by atoms with Crippen molar-refractivity contribution < 1.29 is 29.6 Å². The Morgan fingerprint density at radius 3 is 2.69 bits per heavy atom. The van der Waals surface area contributed by atoms with E-state index in [2.05, 4.69) is 27.7 Å². The number of hydrogen-bond donors (Lipinski definition) is 5. The van der Waals surface area contributed by atoms with Gasteiger partial charge in [-0.2, -0.15) is 0 Å². The SMILES string of the molecule is CSC1O[C@H]([C@H](NC(=O)[C@H]2NC[C@@H]3CN(Cc4ccccc4)CCO[C@H]32)[C@H](C)Cl)[C@@H](O)C(O)[C@H]1O. The average molecular weight is 530 g/mol. The summed E-state index contributed by atoms with van der Waals surface area (Å²) in [6.45, 7) is 5.31. The van der Waals surface area contributed by atoms with Crippen LogP contribution in [0.4, 0.5) is 0 Å². The maximum absolute atomic E-state index is 13.4. The van der Waals surface area contributed by atoms with Gasteiger partial charge < -0.3 is 35.4 Å². The van der Waals surface area contributed by atoms with Crippen molar-refractivity contribution in [2.75, 3.05) is 32.5 Å². The van der Waals surface area contributed by atoms with Crippen molar-refractivity contribution in [3.05, 3.63) is 35.9 Å². The number of aliphatic hydroxyl groups is 3. The van der Waals surface area contributed by atoms with Crippen molar-refractivity contribution in [1.29, 1.82) is 0 Å².